The van der Waals surface area contributed by atoms with Gasteiger partial charge in [-0.25, -0.2) is 9.67 Å². The molecular formula is C22H19N5O4. The molecule has 0 saturated carbocycles. The first-order valence-corrected chi connectivity index (χ1v) is 9.47. The van der Waals surface area contributed by atoms with E-state index in [4.69, 9.17) is 4.74 Å². The second-order valence-electron chi connectivity index (χ2n) is 7.22. The highest BCUT2D eigenvalue weighted by molar-refractivity contribution is 5.90. The van der Waals surface area contributed by atoms with Crippen LogP contribution in [-0.4, -0.2) is 62.1 Å². The standard InChI is InChI=1S/C22H19N5O4/c1-26-9-8-22(30,21(26)29)7-6-14-4-3-5-16(10-14)27-18-11-15(12-23)24-13-17(18)19(25-27)20(28)31-2/h3-5,10-11,13,20,28,30H,8-9H2,1-2H3/t20?,22-/m0/s1. The summed E-state index contributed by atoms with van der Waals surface area (Å²) in [4.78, 5) is 17.6. The maximum absolute atomic E-state index is 12.1. The van der Waals surface area contributed by atoms with E-state index in [9.17, 15) is 20.3 Å². The van der Waals surface area contributed by atoms with Crippen LogP contribution in [-0.2, 0) is 9.53 Å². The van der Waals surface area contributed by atoms with Crippen molar-refractivity contribution in [3.63, 3.8) is 0 Å². The summed E-state index contributed by atoms with van der Waals surface area (Å²) in [6.07, 6.45) is 0.457. The van der Waals surface area contributed by atoms with Gasteiger partial charge in [-0.2, -0.15) is 10.4 Å². The number of likely N-dealkylation sites (tertiary alicyclic amines) is 1. The molecule has 1 unspecified atom stereocenters. The van der Waals surface area contributed by atoms with Gasteiger partial charge in [-0.1, -0.05) is 17.9 Å². The molecule has 0 radical (unpaired) electrons. The monoisotopic (exact) mass is 417 g/mol. The van der Waals surface area contributed by atoms with Crippen molar-refractivity contribution >= 4 is 16.8 Å². The third-order valence-electron chi connectivity index (χ3n) is 5.18. The first kappa shape index (κ1) is 20.5. The largest absolute Gasteiger partial charge is 0.369 e. The number of pyridine rings is 1. The lowest BCUT2D eigenvalue weighted by Gasteiger charge is -2.13. The van der Waals surface area contributed by atoms with Crippen LogP contribution in [0.2, 0.25) is 0 Å². The van der Waals surface area contributed by atoms with Crippen molar-refractivity contribution in [2.24, 2.45) is 0 Å². The SMILES string of the molecule is COC(O)c1nn(-c2cccc(C#C[C@]3(O)CCN(C)C3=O)c2)c2cc(C#N)ncc12. The van der Waals surface area contributed by atoms with E-state index < -0.39 is 17.8 Å². The molecule has 3 aromatic rings. The Morgan fingerprint density at radius 1 is 1.35 bits per heavy atom. The van der Waals surface area contributed by atoms with Crippen molar-refractivity contribution < 1.29 is 19.7 Å². The number of hydrogen-bond acceptors (Lipinski definition) is 7. The highest BCUT2D eigenvalue weighted by Crippen LogP contribution is 2.27. The molecule has 0 spiro atoms. The number of carbonyl (C=O) groups excluding carboxylic acids is 1. The van der Waals surface area contributed by atoms with Crippen LogP contribution in [0.25, 0.3) is 16.6 Å². The smallest absolute Gasteiger partial charge is 0.267 e. The summed E-state index contributed by atoms with van der Waals surface area (Å²) in [6, 6.07) is 10.6. The number of carbonyl (C=O) groups is 1. The fourth-order valence-electron chi connectivity index (χ4n) is 3.45. The number of aromatic nitrogens is 3. The van der Waals surface area contributed by atoms with E-state index in [0.29, 0.717) is 28.7 Å². The van der Waals surface area contributed by atoms with Crippen LogP contribution in [0.5, 0.6) is 0 Å². The number of aliphatic hydroxyl groups excluding tert-OH is 1. The van der Waals surface area contributed by atoms with E-state index in [1.165, 1.54) is 18.2 Å². The number of aliphatic hydroxyl groups is 2. The van der Waals surface area contributed by atoms with E-state index in [2.05, 4.69) is 21.9 Å². The molecule has 9 nitrogen and oxygen atoms in total. The van der Waals surface area contributed by atoms with Gasteiger partial charge < -0.3 is 19.8 Å². The lowest BCUT2D eigenvalue weighted by Crippen LogP contribution is -2.37. The number of nitrogens with zero attached hydrogens (tertiary/aromatic N) is 5. The summed E-state index contributed by atoms with van der Waals surface area (Å²) in [5.41, 5.74) is 0.526. The minimum atomic E-state index is -1.69. The van der Waals surface area contributed by atoms with Crippen LogP contribution in [0.1, 0.15) is 29.7 Å². The van der Waals surface area contributed by atoms with Gasteiger partial charge in [-0.05, 0) is 18.2 Å². The van der Waals surface area contributed by atoms with Crippen LogP contribution in [0, 0.1) is 23.2 Å². The average Bonchev–Trinajstić information content (AvgIpc) is 3.30. The fourth-order valence-corrected chi connectivity index (χ4v) is 3.45. The number of amides is 1. The number of rotatable bonds is 3. The van der Waals surface area contributed by atoms with Gasteiger partial charge in [0.05, 0.1) is 11.2 Å². The maximum atomic E-state index is 12.1. The molecule has 1 aliphatic rings. The molecule has 3 heterocycles. The Hall–Kier alpha value is -3.76. The predicted molar refractivity (Wildman–Crippen MR) is 110 cm³/mol. The molecule has 1 amide bonds. The second kappa shape index (κ2) is 7.82. The van der Waals surface area contributed by atoms with Crippen molar-refractivity contribution in [3.8, 4) is 23.6 Å². The van der Waals surface area contributed by atoms with Gasteiger partial charge in [0.1, 0.15) is 17.5 Å². The van der Waals surface area contributed by atoms with Crippen LogP contribution >= 0.6 is 0 Å². The van der Waals surface area contributed by atoms with Gasteiger partial charge in [0.2, 0.25) is 11.9 Å². The minimum absolute atomic E-state index is 0.203. The zero-order valence-corrected chi connectivity index (χ0v) is 16.9. The van der Waals surface area contributed by atoms with Crippen molar-refractivity contribution in [2.45, 2.75) is 18.3 Å². The Kier molecular flexibility index (Phi) is 5.17. The summed E-state index contributed by atoms with van der Waals surface area (Å²) >= 11 is 0. The Morgan fingerprint density at radius 3 is 2.84 bits per heavy atom. The van der Waals surface area contributed by atoms with Gasteiger partial charge in [-0.3, -0.25) is 4.79 Å². The zero-order valence-electron chi connectivity index (χ0n) is 16.9. The molecule has 31 heavy (non-hydrogen) atoms. The summed E-state index contributed by atoms with van der Waals surface area (Å²) in [5.74, 6) is 5.15. The minimum Gasteiger partial charge on any atom is -0.369 e. The van der Waals surface area contributed by atoms with E-state index in [-0.39, 0.29) is 17.8 Å². The third kappa shape index (κ3) is 3.62. The number of methoxy groups -OCH3 is 1. The van der Waals surface area contributed by atoms with Crippen LogP contribution in [0.3, 0.4) is 0 Å². The number of ether oxygens (including phenoxy) is 1. The van der Waals surface area contributed by atoms with E-state index in [0.717, 1.165) is 0 Å². The molecule has 0 bridgehead atoms. The highest BCUT2D eigenvalue weighted by atomic mass is 16.6. The molecule has 1 fully saturated rings. The summed E-state index contributed by atoms with van der Waals surface area (Å²) in [6.45, 7) is 0.448. The molecule has 2 aromatic heterocycles. The maximum Gasteiger partial charge on any atom is 0.267 e. The average molecular weight is 417 g/mol. The molecule has 1 aliphatic heterocycles. The van der Waals surface area contributed by atoms with E-state index >= 15 is 0 Å². The zero-order chi connectivity index (χ0) is 22.2. The Balaban J connectivity index is 1.79. The topological polar surface area (TPSA) is 124 Å². The number of benzene rings is 1. The number of nitriles is 1. The van der Waals surface area contributed by atoms with E-state index in [1.54, 1.807) is 42.1 Å². The van der Waals surface area contributed by atoms with Gasteiger partial charge in [-0.15, -0.1) is 0 Å². The van der Waals surface area contributed by atoms with Crippen LogP contribution in [0.15, 0.2) is 36.5 Å². The molecule has 1 aromatic carbocycles. The van der Waals surface area contributed by atoms with Crippen LogP contribution < -0.4 is 0 Å². The third-order valence-corrected chi connectivity index (χ3v) is 5.18. The van der Waals surface area contributed by atoms with Gasteiger partial charge >= 0.3 is 0 Å². The Morgan fingerprint density at radius 2 is 2.16 bits per heavy atom. The van der Waals surface area contributed by atoms with Crippen molar-refractivity contribution in [2.75, 3.05) is 20.7 Å². The van der Waals surface area contributed by atoms with Gasteiger partial charge in [0.15, 0.2) is 0 Å². The molecule has 9 heteroatoms. The summed E-state index contributed by atoms with van der Waals surface area (Å²) in [7, 11) is 2.98. The number of likely N-dealkylation sites (N-methyl/N-ethyl adjacent to an activating group) is 1. The predicted octanol–water partition coefficient (Wildman–Crippen LogP) is 0.874. The summed E-state index contributed by atoms with van der Waals surface area (Å²) < 4.78 is 6.56. The van der Waals surface area contributed by atoms with E-state index in [1.807, 2.05) is 6.07 Å². The molecule has 0 aliphatic carbocycles. The lowest BCUT2D eigenvalue weighted by atomic mass is 10.0. The first-order chi connectivity index (χ1) is 14.9. The molecule has 156 valence electrons. The number of fused-ring (bicyclic) bond motifs is 1. The van der Waals surface area contributed by atoms with Crippen molar-refractivity contribution in [3.05, 3.63) is 53.5 Å². The molecule has 4 rings (SSSR count). The first-order valence-electron chi connectivity index (χ1n) is 9.47. The second-order valence-corrected chi connectivity index (χ2v) is 7.22. The quantitative estimate of drug-likeness (QED) is 0.479. The molecule has 1 saturated heterocycles. The normalized spacial score (nSPS) is 19.2. The Bertz CT molecular complexity index is 1280. The lowest BCUT2D eigenvalue weighted by molar-refractivity contribution is -0.137. The number of hydrogen-bond donors (Lipinski definition) is 2. The van der Waals surface area contributed by atoms with Crippen LogP contribution in [0.4, 0.5) is 0 Å². The van der Waals surface area contributed by atoms with Crippen molar-refractivity contribution in [1.29, 1.82) is 5.26 Å². The van der Waals surface area contributed by atoms with Gasteiger partial charge in [0.25, 0.3) is 5.91 Å². The highest BCUT2D eigenvalue weighted by Gasteiger charge is 2.42. The fraction of sp³-hybridized carbons (Fsp3) is 0.273. The molecule has 2 atom stereocenters. The Labute approximate surface area is 178 Å². The summed E-state index contributed by atoms with van der Waals surface area (Å²) in [5, 5.41) is 34.9. The molecule has 2 N–H and O–H groups in total. The van der Waals surface area contributed by atoms with Gasteiger partial charge in [0, 0.05) is 50.3 Å². The molecular weight excluding hydrogens is 398 g/mol. The van der Waals surface area contributed by atoms with Crippen molar-refractivity contribution in [1.82, 2.24) is 19.7 Å².